The lowest BCUT2D eigenvalue weighted by Gasteiger charge is -2.27. The molecule has 4 rings (SSSR count). The molecular weight excluding hydrogens is 452 g/mol. The van der Waals surface area contributed by atoms with E-state index in [1.165, 1.54) is 4.90 Å². The summed E-state index contributed by atoms with van der Waals surface area (Å²) in [6, 6.07) is 1.85. The number of pyridine rings is 1. The van der Waals surface area contributed by atoms with Gasteiger partial charge in [0, 0.05) is 43.2 Å². The van der Waals surface area contributed by atoms with Crippen LogP contribution >= 0.6 is 0 Å². The highest BCUT2D eigenvalue weighted by Gasteiger charge is 2.32. The molecule has 10 heteroatoms. The molecule has 1 unspecified atom stereocenters. The van der Waals surface area contributed by atoms with E-state index in [1.807, 2.05) is 23.9 Å². The Kier molecular flexibility index (Phi) is 8.02. The van der Waals surface area contributed by atoms with Gasteiger partial charge in [0.2, 0.25) is 11.5 Å². The van der Waals surface area contributed by atoms with Gasteiger partial charge in [-0.25, -0.2) is 14.6 Å². The maximum Gasteiger partial charge on any atom is 0.414 e. The van der Waals surface area contributed by atoms with Crippen molar-refractivity contribution in [1.82, 2.24) is 14.8 Å². The summed E-state index contributed by atoms with van der Waals surface area (Å²) in [5.41, 5.74) is 2.18. The Labute approximate surface area is 204 Å². The smallest absolute Gasteiger partial charge is 0.414 e. The van der Waals surface area contributed by atoms with Crippen LogP contribution in [-0.4, -0.2) is 59.3 Å². The number of rotatable bonds is 9. The van der Waals surface area contributed by atoms with Gasteiger partial charge in [0.05, 0.1) is 30.9 Å². The third-order valence-electron chi connectivity index (χ3n) is 5.98. The topological polar surface area (TPSA) is 109 Å². The number of aryl methyl sites for hydroxylation is 1. The largest absolute Gasteiger partial charge is 0.460 e. The van der Waals surface area contributed by atoms with Crippen LogP contribution in [0, 0.1) is 0 Å². The molecule has 0 radical (unpaired) electrons. The van der Waals surface area contributed by atoms with Gasteiger partial charge in [-0.2, -0.15) is 5.10 Å². The molecule has 0 N–H and O–H groups in total. The fourth-order valence-corrected chi connectivity index (χ4v) is 4.22. The van der Waals surface area contributed by atoms with Gasteiger partial charge in [0.25, 0.3) is 0 Å². The molecule has 3 aromatic heterocycles. The van der Waals surface area contributed by atoms with Crippen molar-refractivity contribution in [2.24, 2.45) is 0 Å². The van der Waals surface area contributed by atoms with Crippen molar-refractivity contribution in [2.75, 3.05) is 31.3 Å². The molecule has 35 heavy (non-hydrogen) atoms. The number of carbonyl (C=O) groups excluding carboxylic acids is 2. The Hall–Kier alpha value is -3.40. The minimum absolute atomic E-state index is 0.0402. The zero-order valence-corrected chi connectivity index (χ0v) is 20.5. The van der Waals surface area contributed by atoms with Gasteiger partial charge < -0.3 is 18.6 Å². The average molecular weight is 485 g/mol. The molecule has 0 spiro atoms. The molecular formula is C25H32N4O6. The molecule has 10 nitrogen and oxygen atoms in total. The number of hydrogen-bond acceptors (Lipinski definition) is 8. The summed E-state index contributed by atoms with van der Waals surface area (Å²) in [6.45, 7) is 7.56. The van der Waals surface area contributed by atoms with E-state index in [4.69, 9.17) is 18.6 Å². The normalized spacial score (nSPS) is 15.8. The molecule has 1 saturated heterocycles. The first-order valence-electron chi connectivity index (χ1n) is 12.2. The SMILES string of the molecule is CCOC(=O)c1oc2ncc(-c3cnn(CC)c3)cc2c1N(CCC1CCCCO1)C(=O)OCC. The van der Waals surface area contributed by atoms with Crippen LogP contribution in [0.25, 0.3) is 22.2 Å². The van der Waals surface area contributed by atoms with Crippen LogP contribution in [-0.2, 0) is 20.8 Å². The van der Waals surface area contributed by atoms with E-state index in [0.717, 1.165) is 36.9 Å². The second kappa shape index (κ2) is 11.4. The average Bonchev–Trinajstić information content (AvgIpc) is 3.50. The number of fused-ring (bicyclic) bond motifs is 1. The molecule has 3 aromatic rings. The van der Waals surface area contributed by atoms with E-state index in [-0.39, 0.29) is 30.8 Å². The fraction of sp³-hybridized carbons (Fsp3) is 0.520. The summed E-state index contributed by atoms with van der Waals surface area (Å²) in [7, 11) is 0. The predicted octanol–water partition coefficient (Wildman–Crippen LogP) is 4.81. The number of hydrogen-bond donors (Lipinski definition) is 0. The predicted molar refractivity (Wildman–Crippen MR) is 129 cm³/mol. The van der Waals surface area contributed by atoms with Crippen molar-refractivity contribution < 1.29 is 28.2 Å². The molecule has 1 atom stereocenters. The maximum atomic E-state index is 13.1. The molecule has 0 saturated carbocycles. The van der Waals surface area contributed by atoms with Crippen molar-refractivity contribution >= 4 is 28.8 Å². The fourth-order valence-electron chi connectivity index (χ4n) is 4.22. The Morgan fingerprint density at radius 3 is 2.66 bits per heavy atom. The summed E-state index contributed by atoms with van der Waals surface area (Å²) in [4.78, 5) is 31.9. The molecule has 0 aliphatic carbocycles. The molecule has 0 aromatic carbocycles. The number of carbonyl (C=O) groups is 2. The first-order valence-corrected chi connectivity index (χ1v) is 12.2. The highest BCUT2D eigenvalue weighted by Crippen LogP contribution is 2.37. The van der Waals surface area contributed by atoms with Gasteiger partial charge in [-0.3, -0.25) is 9.58 Å². The number of furan rings is 1. The van der Waals surface area contributed by atoms with Crippen LogP contribution in [0.1, 0.15) is 57.0 Å². The van der Waals surface area contributed by atoms with E-state index in [1.54, 1.807) is 26.2 Å². The van der Waals surface area contributed by atoms with Crippen molar-refractivity contribution in [3.63, 3.8) is 0 Å². The van der Waals surface area contributed by atoms with Crippen molar-refractivity contribution in [2.45, 2.75) is 59.1 Å². The maximum absolute atomic E-state index is 13.1. The van der Waals surface area contributed by atoms with Gasteiger partial charge in [-0.05, 0) is 52.5 Å². The zero-order chi connectivity index (χ0) is 24.8. The zero-order valence-electron chi connectivity index (χ0n) is 20.5. The lowest BCUT2D eigenvalue weighted by Crippen LogP contribution is -2.36. The number of amides is 1. The molecule has 0 bridgehead atoms. The molecule has 1 aliphatic heterocycles. The highest BCUT2D eigenvalue weighted by atomic mass is 16.6. The first kappa shape index (κ1) is 24.7. The van der Waals surface area contributed by atoms with Crippen LogP contribution in [0.2, 0.25) is 0 Å². The Bertz CT molecular complexity index is 1160. The highest BCUT2D eigenvalue weighted by molar-refractivity contribution is 6.09. The van der Waals surface area contributed by atoms with Gasteiger partial charge in [0.1, 0.15) is 5.69 Å². The summed E-state index contributed by atoms with van der Waals surface area (Å²) in [5.74, 6) is -0.738. The lowest BCUT2D eigenvalue weighted by molar-refractivity contribution is 0.0125. The third kappa shape index (κ3) is 5.48. The van der Waals surface area contributed by atoms with Crippen LogP contribution in [0.15, 0.2) is 29.1 Å². The van der Waals surface area contributed by atoms with E-state index < -0.39 is 12.1 Å². The van der Waals surface area contributed by atoms with Crippen LogP contribution < -0.4 is 4.90 Å². The van der Waals surface area contributed by atoms with Gasteiger partial charge >= 0.3 is 12.1 Å². The monoisotopic (exact) mass is 484 g/mol. The minimum Gasteiger partial charge on any atom is -0.460 e. The number of aromatic nitrogens is 3. The van der Waals surface area contributed by atoms with Gasteiger partial charge in [-0.15, -0.1) is 0 Å². The molecule has 188 valence electrons. The van der Waals surface area contributed by atoms with E-state index in [2.05, 4.69) is 10.1 Å². The second-order valence-electron chi connectivity index (χ2n) is 8.29. The molecule has 1 fully saturated rings. The minimum atomic E-state index is -0.663. The summed E-state index contributed by atoms with van der Waals surface area (Å²) in [5, 5.41) is 4.85. The standard InChI is InChI=1S/C25H32N4O6/c1-4-28-16-18(15-27-28)17-13-20-21(22(24(30)32-5-2)35-23(20)26-14-17)29(25(31)33-6-3)11-10-19-9-7-8-12-34-19/h13-16,19H,4-12H2,1-3H3. The van der Waals surface area contributed by atoms with Gasteiger partial charge in [0.15, 0.2) is 0 Å². The van der Waals surface area contributed by atoms with Crippen molar-refractivity contribution in [3.8, 4) is 11.1 Å². The van der Waals surface area contributed by atoms with E-state index in [0.29, 0.717) is 30.6 Å². The van der Waals surface area contributed by atoms with Crippen LogP contribution in [0.5, 0.6) is 0 Å². The summed E-state index contributed by atoms with van der Waals surface area (Å²) < 4.78 is 24.1. The summed E-state index contributed by atoms with van der Waals surface area (Å²) in [6.07, 6.45) is 8.46. The van der Waals surface area contributed by atoms with Crippen LogP contribution in [0.4, 0.5) is 10.5 Å². The Morgan fingerprint density at radius 1 is 1.14 bits per heavy atom. The van der Waals surface area contributed by atoms with Crippen molar-refractivity contribution in [3.05, 3.63) is 30.4 Å². The lowest BCUT2D eigenvalue weighted by atomic mass is 10.1. The third-order valence-corrected chi connectivity index (χ3v) is 5.98. The van der Waals surface area contributed by atoms with Gasteiger partial charge in [-0.1, -0.05) is 0 Å². The number of anilines is 1. The number of esters is 1. The molecule has 1 aliphatic rings. The quantitative estimate of drug-likeness (QED) is 0.398. The molecule has 1 amide bonds. The Balaban J connectivity index is 1.79. The number of nitrogens with zero attached hydrogens (tertiary/aromatic N) is 4. The van der Waals surface area contributed by atoms with E-state index in [9.17, 15) is 9.59 Å². The van der Waals surface area contributed by atoms with E-state index >= 15 is 0 Å². The first-order chi connectivity index (χ1) is 17.0. The number of ether oxygens (including phenoxy) is 3. The molecule has 4 heterocycles. The Morgan fingerprint density at radius 2 is 1.97 bits per heavy atom. The van der Waals surface area contributed by atoms with Crippen LogP contribution in [0.3, 0.4) is 0 Å². The second-order valence-corrected chi connectivity index (χ2v) is 8.29. The van der Waals surface area contributed by atoms with Crippen molar-refractivity contribution in [1.29, 1.82) is 0 Å². The summed E-state index contributed by atoms with van der Waals surface area (Å²) >= 11 is 0.